The van der Waals surface area contributed by atoms with Gasteiger partial charge in [-0.15, -0.1) is 0 Å². The number of carbonyl (C=O) groups is 1. The molecule has 0 bridgehead atoms. The van der Waals surface area contributed by atoms with Crippen LogP contribution in [0.5, 0.6) is 0 Å². The lowest BCUT2D eigenvalue weighted by atomic mass is 10.2. The number of halogens is 2. The molecule has 4 rings (SSSR count). The van der Waals surface area contributed by atoms with E-state index in [0.29, 0.717) is 17.3 Å². The van der Waals surface area contributed by atoms with Gasteiger partial charge in [0.2, 0.25) is 5.91 Å². The average Bonchev–Trinajstić information content (AvgIpc) is 3.12. The van der Waals surface area contributed by atoms with Crippen LogP contribution in [0, 0.1) is 18.6 Å². The van der Waals surface area contributed by atoms with Crippen molar-refractivity contribution in [2.75, 3.05) is 11.1 Å². The molecule has 0 atom stereocenters. The molecule has 0 spiro atoms. The number of hydrogen-bond acceptors (Lipinski definition) is 6. The largest absolute Gasteiger partial charge is 0.360 e. The molecule has 1 amide bonds. The summed E-state index contributed by atoms with van der Waals surface area (Å²) >= 11 is 0.939. The van der Waals surface area contributed by atoms with Crippen molar-refractivity contribution in [1.29, 1.82) is 0 Å². The van der Waals surface area contributed by atoms with Crippen molar-refractivity contribution in [3.8, 4) is 5.69 Å². The summed E-state index contributed by atoms with van der Waals surface area (Å²) in [4.78, 5) is 29.7. The first-order valence-electron chi connectivity index (χ1n) is 8.75. The lowest BCUT2D eigenvalue weighted by Gasteiger charge is -2.13. The summed E-state index contributed by atoms with van der Waals surface area (Å²) in [6.07, 6.45) is 0. The highest BCUT2D eigenvalue weighted by molar-refractivity contribution is 7.99. The third-order valence-corrected chi connectivity index (χ3v) is 5.06. The van der Waals surface area contributed by atoms with E-state index in [4.69, 9.17) is 4.52 Å². The molecule has 0 saturated carbocycles. The Bertz CT molecular complexity index is 1320. The van der Waals surface area contributed by atoms with Crippen molar-refractivity contribution in [1.82, 2.24) is 14.7 Å². The molecule has 7 nitrogen and oxygen atoms in total. The molecular formula is C20H14F2N4O3S. The molecule has 0 aliphatic carbocycles. The maximum absolute atomic E-state index is 14.5. The molecule has 2 aromatic heterocycles. The lowest BCUT2D eigenvalue weighted by molar-refractivity contribution is -0.113. The molecule has 2 heterocycles. The Morgan fingerprint density at radius 2 is 2.00 bits per heavy atom. The Morgan fingerprint density at radius 1 is 1.20 bits per heavy atom. The second-order valence-corrected chi connectivity index (χ2v) is 7.25. The van der Waals surface area contributed by atoms with Gasteiger partial charge < -0.3 is 9.84 Å². The van der Waals surface area contributed by atoms with Crippen molar-refractivity contribution in [2.45, 2.75) is 12.1 Å². The minimum Gasteiger partial charge on any atom is -0.360 e. The molecule has 0 fully saturated rings. The van der Waals surface area contributed by atoms with Crippen molar-refractivity contribution in [3.63, 3.8) is 0 Å². The van der Waals surface area contributed by atoms with E-state index < -0.39 is 23.1 Å². The number of rotatable bonds is 5. The van der Waals surface area contributed by atoms with E-state index in [0.717, 1.165) is 28.5 Å². The molecule has 30 heavy (non-hydrogen) atoms. The van der Waals surface area contributed by atoms with E-state index in [2.05, 4.69) is 15.5 Å². The van der Waals surface area contributed by atoms with Crippen LogP contribution in [0.1, 0.15) is 5.76 Å². The molecule has 2 aromatic carbocycles. The van der Waals surface area contributed by atoms with Crippen molar-refractivity contribution >= 4 is 34.4 Å². The van der Waals surface area contributed by atoms with E-state index >= 15 is 0 Å². The normalized spacial score (nSPS) is 11.0. The van der Waals surface area contributed by atoms with E-state index in [1.54, 1.807) is 37.3 Å². The fraction of sp³-hybridized carbons (Fsp3) is 0.100. The number of nitrogens with zero attached hydrogens (tertiary/aromatic N) is 3. The molecule has 0 aliphatic rings. The fourth-order valence-corrected chi connectivity index (χ4v) is 3.62. The third-order valence-electron chi connectivity index (χ3n) is 4.12. The van der Waals surface area contributed by atoms with Crippen LogP contribution in [-0.2, 0) is 4.79 Å². The fourth-order valence-electron chi connectivity index (χ4n) is 2.82. The zero-order chi connectivity index (χ0) is 21.3. The minimum atomic E-state index is -0.918. The zero-order valence-corrected chi connectivity index (χ0v) is 16.4. The Balaban J connectivity index is 1.72. The van der Waals surface area contributed by atoms with Crippen molar-refractivity contribution in [2.24, 2.45) is 0 Å². The topological polar surface area (TPSA) is 90.0 Å². The van der Waals surface area contributed by atoms with Crippen molar-refractivity contribution < 1.29 is 18.1 Å². The van der Waals surface area contributed by atoms with E-state index in [9.17, 15) is 18.4 Å². The van der Waals surface area contributed by atoms with Gasteiger partial charge in [0.15, 0.2) is 11.0 Å². The highest BCUT2D eigenvalue weighted by Crippen LogP contribution is 2.23. The van der Waals surface area contributed by atoms with E-state index in [1.807, 2.05) is 0 Å². The van der Waals surface area contributed by atoms with Gasteiger partial charge in [-0.2, -0.15) is 0 Å². The number of fused-ring (bicyclic) bond motifs is 1. The van der Waals surface area contributed by atoms with Gasteiger partial charge in [0.25, 0.3) is 5.56 Å². The predicted molar refractivity (Wildman–Crippen MR) is 108 cm³/mol. The zero-order valence-electron chi connectivity index (χ0n) is 15.6. The minimum absolute atomic E-state index is 0.0932. The van der Waals surface area contributed by atoms with Gasteiger partial charge in [-0.25, -0.2) is 13.8 Å². The van der Waals surface area contributed by atoms with Crippen LogP contribution in [0.3, 0.4) is 0 Å². The molecule has 10 heteroatoms. The van der Waals surface area contributed by atoms with Gasteiger partial charge in [0.1, 0.15) is 17.4 Å². The first-order valence-corrected chi connectivity index (χ1v) is 9.74. The number of anilines is 1. The number of benzene rings is 2. The highest BCUT2D eigenvalue weighted by atomic mass is 32.2. The quantitative estimate of drug-likeness (QED) is 0.385. The van der Waals surface area contributed by atoms with Crippen LogP contribution in [0.2, 0.25) is 0 Å². The maximum Gasteiger partial charge on any atom is 0.266 e. The van der Waals surface area contributed by atoms with Gasteiger partial charge in [0, 0.05) is 12.1 Å². The number of nitrogens with one attached hydrogen (secondary N) is 1. The van der Waals surface area contributed by atoms with Crippen LogP contribution in [0.25, 0.3) is 16.6 Å². The number of thioether (sulfide) groups is 1. The Hall–Kier alpha value is -3.53. The highest BCUT2D eigenvalue weighted by Gasteiger charge is 2.18. The molecule has 0 saturated heterocycles. The van der Waals surface area contributed by atoms with Crippen LogP contribution < -0.4 is 10.9 Å². The van der Waals surface area contributed by atoms with Crippen LogP contribution in [0.15, 0.2) is 63.0 Å². The summed E-state index contributed by atoms with van der Waals surface area (Å²) in [6, 6.07) is 11.0. The summed E-state index contributed by atoms with van der Waals surface area (Å²) in [5.74, 6) is -1.43. The number of amides is 1. The summed E-state index contributed by atoms with van der Waals surface area (Å²) in [6.45, 7) is 1.69. The van der Waals surface area contributed by atoms with Gasteiger partial charge in [0.05, 0.1) is 22.3 Å². The Labute approximate surface area is 172 Å². The Kier molecular flexibility index (Phi) is 5.32. The molecule has 1 N–H and O–H groups in total. The third kappa shape index (κ3) is 3.94. The van der Waals surface area contributed by atoms with Gasteiger partial charge in [-0.1, -0.05) is 29.1 Å². The van der Waals surface area contributed by atoms with Crippen LogP contribution in [0.4, 0.5) is 14.6 Å². The summed E-state index contributed by atoms with van der Waals surface area (Å²) in [5.41, 5.74) is -0.285. The first-order chi connectivity index (χ1) is 14.4. The first kappa shape index (κ1) is 19.8. The standard InChI is InChI=1S/C20H14F2N4O3S/c1-11-8-17(25-29-11)24-18(27)10-30-20-23-15-5-3-2-4-13(15)19(28)26(20)16-7-6-12(21)9-14(16)22/h2-9H,10H2,1H3,(H,24,25,27). The summed E-state index contributed by atoms with van der Waals surface area (Å²) in [7, 11) is 0. The Morgan fingerprint density at radius 3 is 2.73 bits per heavy atom. The van der Waals surface area contributed by atoms with Gasteiger partial charge in [-0.3, -0.25) is 14.2 Å². The number of aryl methyl sites for hydroxylation is 1. The number of para-hydroxylation sites is 1. The van der Waals surface area contributed by atoms with Crippen LogP contribution >= 0.6 is 11.8 Å². The molecule has 0 aliphatic heterocycles. The second kappa shape index (κ2) is 8.07. The van der Waals surface area contributed by atoms with E-state index in [-0.39, 0.29) is 27.8 Å². The number of aromatic nitrogens is 3. The van der Waals surface area contributed by atoms with Crippen LogP contribution in [-0.4, -0.2) is 26.4 Å². The van der Waals surface area contributed by atoms with Crippen molar-refractivity contribution in [3.05, 3.63) is 76.3 Å². The lowest BCUT2D eigenvalue weighted by Crippen LogP contribution is -2.23. The number of hydrogen-bond donors (Lipinski definition) is 1. The maximum atomic E-state index is 14.5. The van der Waals surface area contributed by atoms with Gasteiger partial charge in [-0.05, 0) is 31.2 Å². The monoisotopic (exact) mass is 428 g/mol. The molecule has 0 radical (unpaired) electrons. The number of carbonyl (C=O) groups excluding carboxylic acids is 1. The summed E-state index contributed by atoms with van der Waals surface area (Å²) in [5, 5.41) is 6.60. The average molecular weight is 428 g/mol. The smallest absolute Gasteiger partial charge is 0.266 e. The molecular weight excluding hydrogens is 414 g/mol. The molecule has 4 aromatic rings. The summed E-state index contributed by atoms with van der Waals surface area (Å²) < 4.78 is 33.7. The predicted octanol–water partition coefficient (Wildman–Crippen LogP) is 3.69. The molecule has 0 unspecified atom stereocenters. The molecule has 152 valence electrons. The SMILES string of the molecule is Cc1cc(NC(=O)CSc2nc3ccccc3c(=O)n2-c2ccc(F)cc2F)no1. The second-order valence-electron chi connectivity index (χ2n) is 6.31. The van der Waals surface area contributed by atoms with Gasteiger partial charge >= 0.3 is 0 Å². The van der Waals surface area contributed by atoms with E-state index in [1.165, 1.54) is 0 Å².